The largest absolute Gasteiger partial charge is 0.0921 e. The predicted octanol–water partition coefficient (Wildman–Crippen LogP) is 5.44. The highest BCUT2D eigenvalue weighted by Crippen LogP contribution is 2.33. The highest BCUT2D eigenvalue weighted by molar-refractivity contribution is 9.09. The van der Waals surface area contributed by atoms with Crippen molar-refractivity contribution in [2.45, 2.75) is 53.9 Å². The van der Waals surface area contributed by atoms with Gasteiger partial charge in [0.15, 0.2) is 0 Å². The Morgan fingerprint density at radius 3 is 1.82 bits per heavy atom. The van der Waals surface area contributed by atoms with E-state index in [1.54, 1.807) is 5.56 Å². The van der Waals surface area contributed by atoms with Gasteiger partial charge in [-0.1, -0.05) is 35.8 Å². The van der Waals surface area contributed by atoms with Crippen LogP contribution in [0, 0.1) is 33.6 Å². The molecule has 1 heteroatoms. The summed E-state index contributed by atoms with van der Waals surface area (Å²) < 4.78 is 0. The van der Waals surface area contributed by atoms with Gasteiger partial charge in [0.25, 0.3) is 0 Å². The third-order valence-corrected chi connectivity index (χ3v) is 4.56. The molecule has 0 amide bonds. The maximum absolute atomic E-state index is 3.70. The molecule has 0 aliphatic carbocycles. The van der Waals surface area contributed by atoms with E-state index in [4.69, 9.17) is 0 Å². The molecule has 96 valence electrons. The van der Waals surface area contributed by atoms with Crippen LogP contribution in [0.25, 0.3) is 0 Å². The summed E-state index contributed by atoms with van der Waals surface area (Å²) in [5, 5.41) is 1.07. The molecule has 1 atom stereocenters. The third kappa shape index (κ3) is 3.34. The van der Waals surface area contributed by atoms with Gasteiger partial charge in [0, 0.05) is 5.33 Å². The van der Waals surface area contributed by atoms with Crippen molar-refractivity contribution in [3.05, 3.63) is 33.9 Å². The van der Waals surface area contributed by atoms with Gasteiger partial charge in [-0.15, -0.1) is 0 Å². The van der Waals surface area contributed by atoms with Gasteiger partial charge in [-0.25, -0.2) is 0 Å². The van der Waals surface area contributed by atoms with E-state index in [1.807, 2.05) is 0 Å². The van der Waals surface area contributed by atoms with Gasteiger partial charge in [-0.3, -0.25) is 0 Å². The molecule has 0 aromatic heterocycles. The first kappa shape index (κ1) is 14.8. The average Bonchev–Trinajstić information content (AvgIpc) is 2.24. The maximum atomic E-state index is 3.70. The van der Waals surface area contributed by atoms with Crippen molar-refractivity contribution < 1.29 is 0 Å². The van der Waals surface area contributed by atoms with Gasteiger partial charge in [0.2, 0.25) is 0 Å². The lowest BCUT2D eigenvalue weighted by molar-refractivity contribution is 0.526. The van der Waals surface area contributed by atoms with Crippen molar-refractivity contribution in [2.75, 3.05) is 5.33 Å². The minimum atomic E-state index is 0.647. The zero-order valence-corrected chi connectivity index (χ0v) is 13.6. The molecule has 0 saturated carbocycles. The van der Waals surface area contributed by atoms with Crippen LogP contribution in [0.5, 0.6) is 0 Å². The summed E-state index contributed by atoms with van der Waals surface area (Å²) in [4.78, 5) is 0. The number of aryl methyl sites for hydroxylation is 2. The molecule has 0 aliphatic heterocycles. The molecule has 0 heterocycles. The van der Waals surface area contributed by atoms with Gasteiger partial charge < -0.3 is 0 Å². The number of benzene rings is 1. The van der Waals surface area contributed by atoms with Gasteiger partial charge in [0.1, 0.15) is 0 Å². The van der Waals surface area contributed by atoms with E-state index in [0.29, 0.717) is 5.92 Å². The monoisotopic (exact) mass is 296 g/mol. The summed E-state index contributed by atoms with van der Waals surface area (Å²) >= 11 is 3.70. The summed E-state index contributed by atoms with van der Waals surface area (Å²) in [6.07, 6.45) is 1.26. The van der Waals surface area contributed by atoms with Crippen LogP contribution in [-0.4, -0.2) is 5.33 Å². The van der Waals surface area contributed by atoms with E-state index < -0.39 is 0 Å². The fourth-order valence-electron chi connectivity index (χ4n) is 2.69. The minimum Gasteiger partial charge on any atom is -0.0921 e. The summed E-state index contributed by atoms with van der Waals surface area (Å²) in [6.45, 7) is 13.6. The van der Waals surface area contributed by atoms with Crippen LogP contribution in [0.15, 0.2) is 6.07 Å². The second kappa shape index (κ2) is 6.04. The van der Waals surface area contributed by atoms with E-state index in [-0.39, 0.29) is 0 Å². The van der Waals surface area contributed by atoms with Crippen LogP contribution in [0.4, 0.5) is 0 Å². The van der Waals surface area contributed by atoms with E-state index in [1.165, 1.54) is 28.7 Å². The number of alkyl halides is 1. The molecule has 17 heavy (non-hydrogen) atoms. The zero-order chi connectivity index (χ0) is 13.2. The Hall–Kier alpha value is -0.300. The molecule has 1 rings (SSSR count). The number of hydrogen-bond donors (Lipinski definition) is 0. The average molecular weight is 297 g/mol. The fourth-order valence-corrected chi connectivity index (χ4v) is 3.27. The standard InChI is InChI=1S/C16H25Br/c1-10(2)7-15(9-17)16-13(5)11(3)8-12(4)14(16)6/h8,10,15H,7,9H2,1-6H3. The molecule has 1 unspecified atom stereocenters. The van der Waals surface area contributed by atoms with Crippen molar-refractivity contribution in [3.63, 3.8) is 0 Å². The molecule has 1 aromatic rings. The quantitative estimate of drug-likeness (QED) is 0.649. The minimum absolute atomic E-state index is 0.647. The van der Waals surface area contributed by atoms with E-state index in [2.05, 4.69) is 63.5 Å². The molecular formula is C16H25Br. The summed E-state index contributed by atoms with van der Waals surface area (Å²) in [5.41, 5.74) is 7.40. The van der Waals surface area contributed by atoms with Crippen molar-refractivity contribution in [1.82, 2.24) is 0 Å². The molecule has 0 N–H and O–H groups in total. The lowest BCUT2D eigenvalue weighted by atomic mass is 9.83. The smallest absolute Gasteiger partial charge is 0.0100 e. The lowest BCUT2D eigenvalue weighted by Gasteiger charge is -2.24. The van der Waals surface area contributed by atoms with Gasteiger partial charge in [0.05, 0.1) is 0 Å². The number of hydrogen-bond acceptors (Lipinski definition) is 0. The van der Waals surface area contributed by atoms with Crippen LogP contribution in [0.1, 0.15) is 54.0 Å². The van der Waals surface area contributed by atoms with E-state index in [0.717, 1.165) is 11.2 Å². The van der Waals surface area contributed by atoms with Crippen molar-refractivity contribution in [2.24, 2.45) is 5.92 Å². The second-order valence-corrected chi connectivity index (χ2v) is 6.30. The fraction of sp³-hybridized carbons (Fsp3) is 0.625. The molecule has 0 aliphatic rings. The molecule has 0 fully saturated rings. The van der Waals surface area contributed by atoms with Crippen LogP contribution >= 0.6 is 15.9 Å². The topological polar surface area (TPSA) is 0 Å². The Kier molecular flexibility index (Phi) is 5.24. The Bertz CT molecular complexity index is 365. The van der Waals surface area contributed by atoms with E-state index >= 15 is 0 Å². The van der Waals surface area contributed by atoms with Crippen LogP contribution in [0.2, 0.25) is 0 Å². The zero-order valence-electron chi connectivity index (χ0n) is 12.0. The molecule has 0 nitrogen and oxygen atoms in total. The SMILES string of the molecule is Cc1cc(C)c(C)c(C(CBr)CC(C)C)c1C. The second-order valence-electron chi connectivity index (χ2n) is 5.65. The maximum Gasteiger partial charge on any atom is 0.0100 e. The van der Waals surface area contributed by atoms with Crippen LogP contribution in [0.3, 0.4) is 0 Å². The first-order valence-electron chi connectivity index (χ1n) is 6.51. The first-order chi connectivity index (χ1) is 7.88. The normalized spacial score (nSPS) is 13.2. The Labute approximate surface area is 115 Å². The lowest BCUT2D eigenvalue weighted by Crippen LogP contribution is -2.10. The molecular weight excluding hydrogens is 272 g/mol. The van der Waals surface area contributed by atoms with E-state index in [9.17, 15) is 0 Å². The number of rotatable bonds is 4. The molecule has 0 saturated heterocycles. The molecule has 0 bridgehead atoms. The molecule has 1 aromatic carbocycles. The van der Waals surface area contributed by atoms with Crippen molar-refractivity contribution >= 4 is 15.9 Å². The van der Waals surface area contributed by atoms with Gasteiger partial charge >= 0.3 is 0 Å². The van der Waals surface area contributed by atoms with Crippen molar-refractivity contribution in [1.29, 1.82) is 0 Å². The number of halogens is 1. The summed E-state index contributed by atoms with van der Waals surface area (Å²) in [6, 6.07) is 2.31. The highest BCUT2D eigenvalue weighted by atomic mass is 79.9. The third-order valence-electron chi connectivity index (χ3n) is 3.77. The Morgan fingerprint density at radius 1 is 1.00 bits per heavy atom. The summed E-state index contributed by atoms with van der Waals surface area (Å²) in [7, 11) is 0. The van der Waals surface area contributed by atoms with Crippen LogP contribution in [-0.2, 0) is 0 Å². The van der Waals surface area contributed by atoms with Gasteiger partial charge in [-0.05, 0) is 73.8 Å². The van der Waals surface area contributed by atoms with Crippen molar-refractivity contribution in [3.8, 4) is 0 Å². The first-order valence-corrected chi connectivity index (χ1v) is 7.63. The summed E-state index contributed by atoms with van der Waals surface area (Å²) in [5.74, 6) is 1.39. The van der Waals surface area contributed by atoms with Crippen LogP contribution < -0.4 is 0 Å². The Balaban J connectivity index is 3.27. The highest BCUT2D eigenvalue weighted by Gasteiger charge is 2.18. The molecule has 0 radical (unpaired) electrons. The predicted molar refractivity (Wildman–Crippen MR) is 81.4 cm³/mol. The van der Waals surface area contributed by atoms with Gasteiger partial charge in [-0.2, -0.15) is 0 Å². The molecule has 0 spiro atoms. The Morgan fingerprint density at radius 2 is 1.47 bits per heavy atom.